The lowest BCUT2D eigenvalue weighted by Gasteiger charge is -2.24. The van der Waals surface area contributed by atoms with E-state index in [0.29, 0.717) is 6.42 Å². The Kier molecular flexibility index (Phi) is 1.88. The van der Waals surface area contributed by atoms with E-state index in [-0.39, 0.29) is 0 Å². The fourth-order valence-corrected chi connectivity index (χ4v) is 1.12. The summed E-state index contributed by atoms with van der Waals surface area (Å²) in [6.45, 7) is 3.64. The van der Waals surface area contributed by atoms with Crippen LogP contribution in [-0.4, -0.2) is 22.4 Å². The van der Waals surface area contributed by atoms with Crippen LogP contribution in [0.3, 0.4) is 0 Å². The summed E-state index contributed by atoms with van der Waals surface area (Å²) in [5.41, 5.74) is 0.772. The van der Waals surface area contributed by atoms with Crippen molar-refractivity contribution in [2.45, 2.75) is 31.5 Å². The third kappa shape index (κ3) is 1.32. The predicted molar refractivity (Wildman–Crippen MR) is 35.0 cm³/mol. The lowest BCUT2D eigenvalue weighted by atomic mass is 9.91. The molecule has 1 aliphatic rings. The molecule has 0 aromatic rings. The molecule has 0 saturated heterocycles. The van der Waals surface area contributed by atoms with E-state index >= 15 is 0 Å². The number of hydrogen-bond donors (Lipinski definition) is 2. The van der Waals surface area contributed by atoms with Gasteiger partial charge in [0.25, 0.3) is 0 Å². The van der Waals surface area contributed by atoms with Crippen LogP contribution in [-0.2, 0) is 0 Å². The highest BCUT2D eigenvalue weighted by molar-refractivity contribution is 5.07. The minimum Gasteiger partial charge on any atom is -0.390 e. The molecule has 1 saturated carbocycles. The molecule has 0 aliphatic heterocycles. The Morgan fingerprint density at radius 2 is 2.11 bits per heavy atom. The second kappa shape index (κ2) is 2.50. The summed E-state index contributed by atoms with van der Waals surface area (Å²) in [6, 6.07) is 0. The zero-order chi connectivity index (χ0) is 6.85. The molecule has 0 radical (unpaired) electrons. The zero-order valence-corrected chi connectivity index (χ0v) is 5.38. The first-order chi connectivity index (χ1) is 4.22. The highest BCUT2D eigenvalue weighted by Gasteiger charge is 2.22. The average Bonchev–Trinajstić information content (AvgIpc) is 1.83. The molecule has 0 aromatic heterocycles. The van der Waals surface area contributed by atoms with Gasteiger partial charge in [-0.15, -0.1) is 0 Å². The minimum absolute atomic E-state index is 0.564. The molecule has 1 aliphatic carbocycles. The predicted octanol–water partition coefficient (Wildman–Crippen LogP) is 0.448. The highest BCUT2D eigenvalue weighted by atomic mass is 16.3. The van der Waals surface area contributed by atoms with Gasteiger partial charge in [-0.25, -0.2) is 0 Å². The standard InChI is InChI=1S/C7H12O2/c1-5-3-2-4-6(8)7(5)9/h6-9H,1-4H2/t6-,7+/m0/s1. The van der Waals surface area contributed by atoms with E-state index in [2.05, 4.69) is 6.58 Å². The third-order valence-corrected chi connectivity index (χ3v) is 1.78. The summed E-state index contributed by atoms with van der Waals surface area (Å²) in [4.78, 5) is 0. The molecule has 0 spiro atoms. The van der Waals surface area contributed by atoms with Gasteiger partial charge in [0, 0.05) is 0 Å². The van der Waals surface area contributed by atoms with E-state index in [1.165, 1.54) is 0 Å². The number of hydrogen-bond acceptors (Lipinski definition) is 2. The highest BCUT2D eigenvalue weighted by Crippen LogP contribution is 2.21. The molecular weight excluding hydrogens is 116 g/mol. The monoisotopic (exact) mass is 128 g/mol. The van der Waals surface area contributed by atoms with Crippen molar-refractivity contribution in [3.8, 4) is 0 Å². The first-order valence-corrected chi connectivity index (χ1v) is 3.25. The van der Waals surface area contributed by atoms with Crippen LogP contribution in [0, 0.1) is 0 Å². The molecule has 52 valence electrons. The average molecular weight is 128 g/mol. The number of rotatable bonds is 0. The summed E-state index contributed by atoms with van der Waals surface area (Å²) < 4.78 is 0. The zero-order valence-electron chi connectivity index (χ0n) is 5.38. The van der Waals surface area contributed by atoms with Crippen molar-refractivity contribution < 1.29 is 10.2 Å². The van der Waals surface area contributed by atoms with Crippen molar-refractivity contribution in [1.82, 2.24) is 0 Å². The normalized spacial score (nSPS) is 36.9. The molecule has 1 rings (SSSR count). The molecule has 1 fully saturated rings. The first kappa shape index (κ1) is 6.78. The lowest BCUT2D eigenvalue weighted by molar-refractivity contribution is 0.0219. The van der Waals surface area contributed by atoms with Crippen molar-refractivity contribution in [2.75, 3.05) is 0 Å². The Balaban J connectivity index is 2.51. The molecule has 2 atom stereocenters. The maximum Gasteiger partial charge on any atom is 0.101 e. The van der Waals surface area contributed by atoms with Gasteiger partial charge in [0.05, 0.1) is 6.10 Å². The van der Waals surface area contributed by atoms with E-state index in [9.17, 15) is 0 Å². The summed E-state index contributed by atoms with van der Waals surface area (Å²) in [7, 11) is 0. The molecule has 0 unspecified atom stereocenters. The topological polar surface area (TPSA) is 40.5 Å². The van der Waals surface area contributed by atoms with Gasteiger partial charge in [-0.05, 0) is 24.8 Å². The van der Waals surface area contributed by atoms with Gasteiger partial charge in [-0.1, -0.05) is 6.58 Å². The van der Waals surface area contributed by atoms with Crippen molar-refractivity contribution in [3.05, 3.63) is 12.2 Å². The van der Waals surface area contributed by atoms with Crippen LogP contribution in [0.2, 0.25) is 0 Å². The molecule has 9 heavy (non-hydrogen) atoms. The first-order valence-electron chi connectivity index (χ1n) is 3.25. The SMILES string of the molecule is C=C1CCC[C@H](O)[C@@H]1O. The molecule has 2 nitrogen and oxygen atoms in total. The fourth-order valence-electron chi connectivity index (χ4n) is 1.12. The Morgan fingerprint density at radius 3 is 2.56 bits per heavy atom. The van der Waals surface area contributed by atoms with E-state index in [4.69, 9.17) is 10.2 Å². The van der Waals surface area contributed by atoms with Gasteiger partial charge in [-0.3, -0.25) is 0 Å². The Morgan fingerprint density at radius 1 is 1.44 bits per heavy atom. The van der Waals surface area contributed by atoms with Crippen molar-refractivity contribution in [2.24, 2.45) is 0 Å². The summed E-state index contributed by atoms with van der Waals surface area (Å²) in [5, 5.41) is 18.1. The van der Waals surface area contributed by atoms with Crippen molar-refractivity contribution in [3.63, 3.8) is 0 Å². The molecule has 0 bridgehead atoms. The Labute approximate surface area is 54.8 Å². The van der Waals surface area contributed by atoms with Crippen LogP contribution in [0.5, 0.6) is 0 Å². The number of aliphatic hydroxyl groups is 2. The largest absolute Gasteiger partial charge is 0.390 e. The van der Waals surface area contributed by atoms with Gasteiger partial charge in [-0.2, -0.15) is 0 Å². The Bertz CT molecular complexity index is 120. The van der Waals surface area contributed by atoms with Gasteiger partial charge in [0.1, 0.15) is 6.10 Å². The fraction of sp³-hybridized carbons (Fsp3) is 0.714. The maximum absolute atomic E-state index is 9.10. The lowest BCUT2D eigenvalue weighted by Crippen LogP contribution is -2.30. The summed E-state index contributed by atoms with van der Waals surface area (Å²) in [6.07, 6.45) is 1.29. The van der Waals surface area contributed by atoms with Crippen LogP contribution in [0.15, 0.2) is 12.2 Å². The van der Waals surface area contributed by atoms with E-state index in [1.807, 2.05) is 0 Å². The molecule has 0 heterocycles. The van der Waals surface area contributed by atoms with Crippen LogP contribution in [0.4, 0.5) is 0 Å². The minimum atomic E-state index is -0.668. The summed E-state index contributed by atoms with van der Waals surface area (Å²) in [5.74, 6) is 0. The Hall–Kier alpha value is -0.340. The van der Waals surface area contributed by atoms with Gasteiger partial charge < -0.3 is 10.2 Å². The van der Waals surface area contributed by atoms with Crippen molar-refractivity contribution >= 4 is 0 Å². The molecule has 0 amide bonds. The third-order valence-electron chi connectivity index (χ3n) is 1.78. The van der Waals surface area contributed by atoms with Crippen LogP contribution in [0.1, 0.15) is 19.3 Å². The van der Waals surface area contributed by atoms with E-state index in [0.717, 1.165) is 18.4 Å². The van der Waals surface area contributed by atoms with Crippen LogP contribution >= 0.6 is 0 Å². The van der Waals surface area contributed by atoms with E-state index in [1.54, 1.807) is 0 Å². The summed E-state index contributed by atoms with van der Waals surface area (Å²) >= 11 is 0. The van der Waals surface area contributed by atoms with E-state index < -0.39 is 12.2 Å². The van der Waals surface area contributed by atoms with Crippen molar-refractivity contribution in [1.29, 1.82) is 0 Å². The van der Waals surface area contributed by atoms with Crippen LogP contribution < -0.4 is 0 Å². The second-order valence-corrected chi connectivity index (χ2v) is 2.56. The molecular formula is C7H12O2. The van der Waals surface area contributed by atoms with Crippen LogP contribution in [0.25, 0.3) is 0 Å². The van der Waals surface area contributed by atoms with Gasteiger partial charge in [0.15, 0.2) is 0 Å². The quantitative estimate of drug-likeness (QED) is 0.465. The van der Waals surface area contributed by atoms with Gasteiger partial charge in [0.2, 0.25) is 0 Å². The number of aliphatic hydroxyl groups excluding tert-OH is 2. The maximum atomic E-state index is 9.10. The molecule has 0 aromatic carbocycles. The molecule has 2 heteroatoms. The molecule has 2 N–H and O–H groups in total. The second-order valence-electron chi connectivity index (χ2n) is 2.56. The van der Waals surface area contributed by atoms with Gasteiger partial charge >= 0.3 is 0 Å². The smallest absolute Gasteiger partial charge is 0.101 e.